The predicted molar refractivity (Wildman–Crippen MR) is 127 cm³/mol. The molecule has 2 amide bonds. The molecule has 0 fully saturated rings. The zero-order chi connectivity index (χ0) is 24.2. The second-order valence-corrected chi connectivity index (χ2v) is 8.20. The van der Waals surface area contributed by atoms with Gasteiger partial charge in [0, 0.05) is 23.5 Å². The molecule has 182 valence electrons. The van der Waals surface area contributed by atoms with Gasteiger partial charge in [0.15, 0.2) is 0 Å². The maximum Gasteiger partial charge on any atom is 0.326 e. The standard InChI is InChI=1S/C23H36N6O4/c24-11-5-3-8-17(26)21(30)29-20(13-15-14-27-18-9-2-1-7-16(15)18)22(31)28-19(23(32)33)10-4-6-12-25/h1-2,7,9,14,17,19-20,27H,3-6,8,10-13,24-26H2,(H,28,31)(H,29,30)(H,32,33)/t17-,19+,20+/m0/s1. The van der Waals surface area contributed by atoms with Crippen LogP contribution in [0, 0.1) is 0 Å². The summed E-state index contributed by atoms with van der Waals surface area (Å²) in [5, 5.41) is 15.7. The lowest BCUT2D eigenvalue weighted by Crippen LogP contribution is -2.55. The van der Waals surface area contributed by atoms with Crippen LogP contribution in [0.4, 0.5) is 0 Å². The van der Waals surface area contributed by atoms with Gasteiger partial charge in [0.1, 0.15) is 12.1 Å². The van der Waals surface area contributed by atoms with Gasteiger partial charge in [-0.05, 0) is 56.8 Å². The predicted octanol–water partition coefficient (Wildman–Crippen LogP) is 0.350. The summed E-state index contributed by atoms with van der Waals surface area (Å²) in [4.78, 5) is 40.6. The van der Waals surface area contributed by atoms with Crippen molar-refractivity contribution in [2.75, 3.05) is 13.1 Å². The van der Waals surface area contributed by atoms with Crippen molar-refractivity contribution in [3.8, 4) is 0 Å². The maximum atomic E-state index is 13.1. The molecule has 10 nitrogen and oxygen atoms in total. The minimum Gasteiger partial charge on any atom is -0.480 e. The van der Waals surface area contributed by atoms with Crippen LogP contribution in [0.5, 0.6) is 0 Å². The van der Waals surface area contributed by atoms with Crippen molar-refractivity contribution in [2.24, 2.45) is 17.2 Å². The lowest BCUT2D eigenvalue weighted by molar-refractivity contribution is -0.142. The molecular formula is C23H36N6O4. The smallest absolute Gasteiger partial charge is 0.326 e. The van der Waals surface area contributed by atoms with E-state index in [1.807, 2.05) is 24.3 Å². The number of nitrogens with one attached hydrogen (secondary N) is 3. The monoisotopic (exact) mass is 460 g/mol. The van der Waals surface area contributed by atoms with Crippen LogP contribution in [-0.4, -0.2) is 59.1 Å². The number of aliphatic carboxylic acids is 1. The van der Waals surface area contributed by atoms with Gasteiger partial charge in [-0.1, -0.05) is 24.6 Å². The SMILES string of the molecule is NCCCC[C@H](N)C(=O)N[C@H](Cc1c[nH]c2ccccc12)C(=O)N[C@H](CCCCN)C(=O)O. The summed E-state index contributed by atoms with van der Waals surface area (Å²) in [5.41, 5.74) is 18.7. The second-order valence-electron chi connectivity index (χ2n) is 8.20. The van der Waals surface area contributed by atoms with E-state index >= 15 is 0 Å². The molecule has 2 aromatic rings. The van der Waals surface area contributed by atoms with Crippen LogP contribution < -0.4 is 27.8 Å². The van der Waals surface area contributed by atoms with Gasteiger partial charge in [0.25, 0.3) is 0 Å². The van der Waals surface area contributed by atoms with E-state index in [0.717, 1.165) is 22.9 Å². The summed E-state index contributed by atoms with van der Waals surface area (Å²) in [6.07, 6.45) is 5.36. The molecule has 33 heavy (non-hydrogen) atoms. The molecule has 0 unspecified atom stereocenters. The number of fused-ring (bicyclic) bond motifs is 1. The minimum atomic E-state index is -1.13. The fourth-order valence-corrected chi connectivity index (χ4v) is 3.67. The van der Waals surface area contributed by atoms with Crippen molar-refractivity contribution in [1.82, 2.24) is 15.6 Å². The molecule has 3 atom stereocenters. The number of hydrogen-bond acceptors (Lipinski definition) is 6. The Morgan fingerprint density at radius 3 is 2.21 bits per heavy atom. The van der Waals surface area contributed by atoms with Crippen molar-refractivity contribution in [2.45, 2.75) is 63.1 Å². The third kappa shape index (κ3) is 8.16. The summed E-state index contributed by atoms with van der Waals surface area (Å²) in [6.45, 7) is 0.961. The lowest BCUT2D eigenvalue weighted by atomic mass is 10.0. The summed E-state index contributed by atoms with van der Waals surface area (Å²) in [5.74, 6) is -2.15. The Balaban J connectivity index is 2.17. The maximum absolute atomic E-state index is 13.1. The first-order chi connectivity index (χ1) is 15.9. The Kier molecular flexibility index (Phi) is 10.8. The molecule has 0 aliphatic carbocycles. The molecule has 10 N–H and O–H groups in total. The van der Waals surface area contributed by atoms with E-state index in [4.69, 9.17) is 17.2 Å². The number of benzene rings is 1. The van der Waals surface area contributed by atoms with Gasteiger partial charge in [0.2, 0.25) is 11.8 Å². The highest BCUT2D eigenvalue weighted by atomic mass is 16.4. The summed E-state index contributed by atoms with van der Waals surface area (Å²) in [6, 6.07) is 4.79. The van der Waals surface area contributed by atoms with E-state index < -0.39 is 35.9 Å². The number of aromatic nitrogens is 1. The van der Waals surface area contributed by atoms with E-state index in [1.54, 1.807) is 6.20 Å². The normalized spacial score (nSPS) is 13.9. The zero-order valence-electron chi connectivity index (χ0n) is 18.9. The third-order valence-corrected chi connectivity index (χ3v) is 5.60. The Morgan fingerprint density at radius 1 is 0.909 bits per heavy atom. The van der Waals surface area contributed by atoms with Gasteiger partial charge >= 0.3 is 5.97 Å². The Hall–Kier alpha value is -2.95. The van der Waals surface area contributed by atoms with Gasteiger partial charge in [-0.3, -0.25) is 9.59 Å². The van der Waals surface area contributed by atoms with Crippen LogP contribution in [0.25, 0.3) is 10.9 Å². The summed E-state index contributed by atoms with van der Waals surface area (Å²) < 4.78 is 0. The van der Waals surface area contributed by atoms with Crippen LogP contribution in [-0.2, 0) is 20.8 Å². The molecule has 0 saturated heterocycles. The third-order valence-electron chi connectivity index (χ3n) is 5.60. The van der Waals surface area contributed by atoms with E-state index in [0.29, 0.717) is 38.8 Å². The number of carbonyl (C=O) groups excluding carboxylic acids is 2. The average Bonchev–Trinajstić information content (AvgIpc) is 3.20. The fourth-order valence-electron chi connectivity index (χ4n) is 3.67. The van der Waals surface area contributed by atoms with E-state index in [9.17, 15) is 19.5 Å². The largest absolute Gasteiger partial charge is 0.480 e. The van der Waals surface area contributed by atoms with E-state index in [1.165, 1.54) is 0 Å². The number of aromatic amines is 1. The molecule has 0 aliphatic heterocycles. The molecule has 10 heteroatoms. The summed E-state index contributed by atoms with van der Waals surface area (Å²) >= 11 is 0. The molecule has 0 radical (unpaired) electrons. The first-order valence-electron chi connectivity index (χ1n) is 11.4. The average molecular weight is 461 g/mol. The number of nitrogens with two attached hydrogens (primary N) is 3. The highest BCUT2D eigenvalue weighted by Gasteiger charge is 2.28. The number of carboxylic acids is 1. The molecule has 0 bridgehead atoms. The van der Waals surface area contributed by atoms with Crippen LogP contribution >= 0.6 is 0 Å². The van der Waals surface area contributed by atoms with Gasteiger partial charge in [-0.15, -0.1) is 0 Å². The molecule has 2 rings (SSSR count). The molecular weight excluding hydrogens is 424 g/mol. The van der Waals surface area contributed by atoms with Gasteiger partial charge < -0.3 is 37.9 Å². The van der Waals surface area contributed by atoms with Gasteiger partial charge in [0.05, 0.1) is 6.04 Å². The van der Waals surface area contributed by atoms with Crippen LogP contribution in [0.1, 0.15) is 44.1 Å². The van der Waals surface area contributed by atoms with Crippen molar-refractivity contribution in [3.05, 3.63) is 36.0 Å². The molecule has 0 spiro atoms. The van der Waals surface area contributed by atoms with E-state index in [-0.39, 0.29) is 12.8 Å². The first kappa shape index (κ1) is 26.3. The number of rotatable bonds is 15. The minimum absolute atomic E-state index is 0.187. The molecule has 1 aromatic heterocycles. The van der Waals surface area contributed by atoms with Crippen molar-refractivity contribution >= 4 is 28.7 Å². The highest BCUT2D eigenvalue weighted by molar-refractivity contribution is 5.92. The number of carbonyl (C=O) groups is 3. The number of H-pyrrole nitrogens is 1. The Bertz CT molecular complexity index is 915. The second kappa shape index (κ2) is 13.6. The molecule has 1 heterocycles. The number of amides is 2. The Labute approximate surface area is 193 Å². The Morgan fingerprint density at radius 2 is 1.55 bits per heavy atom. The van der Waals surface area contributed by atoms with Gasteiger partial charge in [-0.25, -0.2) is 4.79 Å². The zero-order valence-corrected chi connectivity index (χ0v) is 18.9. The number of hydrogen-bond donors (Lipinski definition) is 7. The lowest BCUT2D eigenvalue weighted by Gasteiger charge is -2.23. The van der Waals surface area contributed by atoms with Crippen molar-refractivity contribution in [3.63, 3.8) is 0 Å². The van der Waals surface area contributed by atoms with Crippen molar-refractivity contribution < 1.29 is 19.5 Å². The molecule has 0 saturated carbocycles. The first-order valence-corrected chi connectivity index (χ1v) is 11.4. The molecule has 0 aliphatic rings. The van der Waals surface area contributed by atoms with Crippen molar-refractivity contribution in [1.29, 1.82) is 0 Å². The fraction of sp³-hybridized carbons (Fsp3) is 0.522. The summed E-state index contributed by atoms with van der Waals surface area (Å²) in [7, 11) is 0. The van der Waals surface area contributed by atoms with Crippen LogP contribution in [0.15, 0.2) is 30.5 Å². The topological polar surface area (TPSA) is 189 Å². The van der Waals surface area contributed by atoms with Gasteiger partial charge in [-0.2, -0.15) is 0 Å². The number of para-hydroxylation sites is 1. The quantitative estimate of drug-likeness (QED) is 0.187. The number of carboxylic acid groups (broad SMARTS) is 1. The highest BCUT2D eigenvalue weighted by Crippen LogP contribution is 2.19. The number of unbranched alkanes of at least 4 members (excludes halogenated alkanes) is 2. The molecule has 1 aromatic carbocycles. The van der Waals surface area contributed by atoms with E-state index in [2.05, 4.69) is 15.6 Å². The van der Waals surface area contributed by atoms with Crippen LogP contribution in [0.2, 0.25) is 0 Å². The van der Waals surface area contributed by atoms with Crippen LogP contribution in [0.3, 0.4) is 0 Å².